The number of nitrogens with one attached hydrogen (secondary N) is 1. The van der Waals surface area contributed by atoms with Gasteiger partial charge in [-0.3, -0.25) is 4.79 Å². The van der Waals surface area contributed by atoms with Crippen molar-refractivity contribution in [1.82, 2.24) is 5.32 Å². The minimum Gasteiger partial charge on any atom is -0.497 e. The number of ether oxygens (including phenoxy) is 1. The van der Waals surface area contributed by atoms with Crippen LogP contribution in [-0.2, 0) is 0 Å². The van der Waals surface area contributed by atoms with E-state index in [1.54, 1.807) is 38.3 Å². The summed E-state index contributed by atoms with van der Waals surface area (Å²) in [5, 5.41) is 11.6. The lowest BCUT2D eigenvalue weighted by Gasteiger charge is -2.07. The van der Waals surface area contributed by atoms with Gasteiger partial charge < -0.3 is 15.2 Å². The van der Waals surface area contributed by atoms with Crippen molar-refractivity contribution < 1.29 is 14.6 Å². The Morgan fingerprint density at radius 1 is 1.60 bits per heavy atom. The highest BCUT2D eigenvalue weighted by atomic mass is 16.5. The molecule has 4 heteroatoms. The summed E-state index contributed by atoms with van der Waals surface area (Å²) in [7, 11) is 1.55. The molecule has 1 amide bonds. The van der Waals surface area contributed by atoms with Crippen molar-refractivity contribution in [1.29, 1.82) is 0 Å². The SMILES string of the molecule is COc1cccc(C(=O)NC[C@H](C)O)c1. The van der Waals surface area contributed by atoms with Crippen LogP contribution in [0.15, 0.2) is 24.3 Å². The van der Waals surface area contributed by atoms with Crippen LogP contribution in [0.1, 0.15) is 17.3 Å². The number of benzene rings is 1. The molecule has 1 atom stereocenters. The lowest BCUT2D eigenvalue weighted by atomic mass is 10.2. The molecule has 82 valence electrons. The second-order valence-electron chi connectivity index (χ2n) is 3.29. The first-order valence-corrected chi connectivity index (χ1v) is 4.74. The van der Waals surface area contributed by atoms with Crippen LogP contribution in [0, 0.1) is 0 Å². The van der Waals surface area contributed by atoms with E-state index in [0.717, 1.165) is 0 Å². The number of methoxy groups -OCH3 is 1. The van der Waals surface area contributed by atoms with Crippen molar-refractivity contribution >= 4 is 5.91 Å². The first-order valence-electron chi connectivity index (χ1n) is 4.74. The Kier molecular flexibility index (Phi) is 4.12. The minimum absolute atomic E-state index is 0.213. The van der Waals surface area contributed by atoms with Crippen molar-refractivity contribution in [2.45, 2.75) is 13.0 Å². The zero-order valence-electron chi connectivity index (χ0n) is 8.86. The van der Waals surface area contributed by atoms with Crippen LogP contribution in [0.2, 0.25) is 0 Å². The molecule has 0 fully saturated rings. The summed E-state index contributed by atoms with van der Waals surface area (Å²) in [6, 6.07) is 6.86. The topological polar surface area (TPSA) is 58.6 Å². The van der Waals surface area contributed by atoms with E-state index < -0.39 is 6.10 Å². The summed E-state index contributed by atoms with van der Waals surface area (Å²) in [5.41, 5.74) is 0.523. The quantitative estimate of drug-likeness (QED) is 0.771. The minimum atomic E-state index is -0.542. The van der Waals surface area contributed by atoms with Gasteiger partial charge in [-0.15, -0.1) is 0 Å². The van der Waals surface area contributed by atoms with E-state index in [-0.39, 0.29) is 12.5 Å². The molecule has 0 aliphatic carbocycles. The van der Waals surface area contributed by atoms with Crippen molar-refractivity contribution in [3.8, 4) is 5.75 Å². The van der Waals surface area contributed by atoms with Crippen LogP contribution in [-0.4, -0.2) is 30.8 Å². The molecule has 15 heavy (non-hydrogen) atoms. The third-order valence-electron chi connectivity index (χ3n) is 1.89. The van der Waals surface area contributed by atoms with Crippen molar-refractivity contribution in [3.63, 3.8) is 0 Å². The van der Waals surface area contributed by atoms with Crippen molar-refractivity contribution in [2.75, 3.05) is 13.7 Å². The lowest BCUT2D eigenvalue weighted by Crippen LogP contribution is -2.30. The van der Waals surface area contributed by atoms with E-state index in [2.05, 4.69) is 5.32 Å². The molecule has 1 rings (SSSR count). The van der Waals surface area contributed by atoms with Crippen LogP contribution in [0.4, 0.5) is 0 Å². The molecule has 4 nitrogen and oxygen atoms in total. The number of aliphatic hydroxyl groups excluding tert-OH is 1. The Balaban J connectivity index is 2.65. The van der Waals surface area contributed by atoms with Gasteiger partial charge in [-0.2, -0.15) is 0 Å². The van der Waals surface area contributed by atoms with E-state index >= 15 is 0 Å². The van der Waals surface area contributed by atoms with Gasteiger partial charge in [-0.25, -0.2) is 0 Å². The van der Waals surface area contributed by atoms with E-state index in [0.29, 0.717) is 11.3 Å². The maximum Gasteiger partial charge on any atom is 0.251 e. The first kappa shape index (κ1) is 11.5. The van der Waals surface area contributed by atoms with Crippen molar-refractivity contribution in [3.05, 3.63) is 29.8 Å². The molecule has 0 radical (unpaired) electrons. The van der Waals surface area contributed by atoms with E-state index in [9.17, 15) is 4.79 Å². The largest absolute Gasteiger partial charge is 0.497 e. The highest BCUT2D eigenvalue weighted by Crippen LogP contribution is 2.12. The fourth-order valence-corrected chi connectivity index (χ4v) is 1.11. The number of rotatable bonds is 4. The molecule has 0 bridgehead atoms. The second-order valence-corrected chi connectivity index (χ2v) is 3.29. The normalized spacial score (nSPS) is 11.9. The maximum absolute atomic E-state index is 11.5. The summed E-state index contributed by atoms with van der Waals surface area (Å²) in [5.74, 6) is 0.425. The van der Waals surface area contributed by atoms with Gasteiger partial charge in [0.15, 0.2) is 0 Å². The van der Waals surface area contributed by atoms with Gasteiger partial charge in [-0.1, -0.05) is 6.07 Å². The van der Waals surface area contributed by atoms with E-state index in [1.807, 2.05) is 0 Å². The molecule has 0 saturated heterocycles. The summed E-state index contributed by atoms with van der Waals surface area (Å²) in [6.45, 7) is 1.86. The second kappa shape index (κ2) is 5.36. The number of aliphatic hydroxyl groups is 1. The van der Waals surface area contributed by atoms with Gasteiger partial charge in [0, 0.05) is 12.1 Å². The van der Waals surface area contributed by atoms with E-state index in [1.165, 1.54) is 0 Å². The molecule has 1 aromatic rings. The number of hydrogen-bond donors (Lipinski definition) is 2. The van der Waals surface area contributed by atoms with Crippen LogP contribution in [0.25, 0.3) is 0 Å². The molecule has 1 aromatic carbocycles. The highest BCUT2D eigenvalue weighted by Gasteiger charge is 2.06. The number of amides is 1. The van der Waals surface area contributed by atoms with Gasteiger partial charge in [-0.05, 0) is 25.1 Å². The predicted molar refractivity (Wildman–Crippen MR) is 57.0 cm³/mol. The molecule has 2 N–H and O–H groups in total. The van der Waals surface area contributed by atoms with Crippen LogP contribution >= 0.6 is 0 Å². The molecular weight excluding hydrogens is 194 g/mol. The maximum atomic E-state index is 11.5. The van der Waals surface area contributed by atoms with E-state index in [4.69, 9.17) is 9.84 Å². The summed E-state index contributed by atoms with van der Waals surface area (Å²) in [6.07, 6.45) is -0.542. The monoisotopic (exact) mass is 209 g/mol. The number of carbonyl (C=O) groups is 1. The van der Waals surface area contributed by atoms with Crippen molar-refractivity contribution in [2.24, 2.45) is 0 Å². The molecule has 0 unspecified atom stereocenters. The third kappa shape index (κ3) is 3.59. The number of hydrogen-bond acceptors (Lipinski definition) is 3. The van der Waals surface area contributed by atoms with Gasteiger partial charge in [0.05, 0.1) is 13.2 Å². The van der Waals surface area contributed by atoms with Gasteiger partial charge >= 0.3 is 0 Å². The Bertz CT molecular complexity index is 336. The summed E-state index contributed by atoms with van der Waals surface area (Å²) in [4.78, 5) is 11.5. The fraction of sp³-hybridized carbons (Fsp3) is 0.364. The van der Waals surface area contributed by atoms with Gasteiger partial charge in [0.25, 0.3) is 5.91 Å². The summed E-state index contributed by atoms with van der Waals surface area (Å²) >= 11 is 0. The fourth-order valence-electron chi connectivity index (χ4n) is 1.11. The molecular formula is C11H15NO3. The highest BCUT2D eigenvalue weighted by molar-refractivity contribution is 5.94. The summed E-state index contributed by atoms with van der Waals surface area (Å²) < 4.78 is 5.00. The van der Waals surface area contributed by atoms with Gasteiger partial charge in [0.2, 0.25) is 0 Å². The first-order chi connectivity index (χ1) is 7.13. The zero-order chi connectivity index (χ0) is 11.3. The molecule has 0 aliphatic heterocycles. The average Bonchev–Trinajstić information content (AvgIpc) is 2.26. The zero-order valence-corrected chi connectivity index (χ0v) is 8.86. The molecule has 0 aliphatic rings. The average molecular weight is 209 g/mol. The third-order valence-corrected chi connectivity index (χ3v) is 1.89. The standard InChI is InChI=1S/C11H15NO3/c1-8(13)7-12-11(14)9-4-3-5-10(6-9)15-2/h3-6,8,13H,7H2,1-2H3,(H,12,14)/t8-/m0/s1. The Morgan fingerprint density at radius 2 is 2.33 bits per heavy atom. The van der Waals surface area contributed by atoms with Crippen LogP contribution < -0.4 is 10.1 Å². The molecule has 0 saturated carbocycles. The molecule has 0 heterocycles. The predicted octanol–water partition coefficient (Wildman–Crippen LogP) is 0.806. The van der Waals surface area contributed by atoms with Gasteiger partial charge in [0.1, 0.15) is 5.75 Å². The van der Waals surface area contributed by atoms with Crippen LogP contribution in [0.5, 0.6) is 5.75 Å². The van der Waals surface area contributed by atoms with Crippen LogP contribution in [0.3, 0.4) is 0 Å². The Labute approximate surface area is 88.9 Å². The Morgan fingerprint density at radius 3 is 2.93 bits per heavy atom. The smallest absolute Gasteiger partial charge is 0.251 e. The Hall–Kier alpha value is -1.55. The number of carbonyl (C=O) groups excluding carboxylic acids is 1. The molecule has 0 spiro atoms. The molecule has 0 aromatic heterocycles. The lowest BCUT2D eigenvalue weighted by molar-refractivity contribution is 0.0923.